The molecule has 0 bridgehead atoms. The highest BCUT2D eigenvalue weighted by molar-refractivity contribution is 7.93. The minimum Gasteiger partial charge on any atom is -0.416 e. The lowest BCUT2D eigenvalue weighted by atomic mass is 9.73. The lowest BCUT2D eigenvalue weighted by Crippen LogP contribution is -2.57. The van der Waals surface area contributed by atoms with Crippen molar-refractivity contribution in [2.75, 3.05) is 19.8 Å². The molecule has 1 heterocycles. The number of hydrogen-bond donors (Lipinski definition) is 0. The number of hydrogen-bond acceptors (Lipinski definition) is 5. The van der Waals surface area contributed by atoms with Gasteiger partial charge in [-0.3, -0.25) is 0 Å². The largest absolute Gasteiger partial charge is 0.416 e. The highest BCUT2D eigenvalue weighted by Gasteiger charge is 2.59. The SMILES string of the molecule is CC(C)(C)[Si](C)(C)OC[C@@H]1CC2(OCCO2)C(Cc2ccccc2)=C[C@]1(Cc1ccccc1)S(=O)(=O)c1ccccc1. The van der Waals surface area contributed by atoms with E-state index in [-0.39, 0.29) is 5.04 Å². The van der Waals surface area contributed by atoms with Crippen molar-refractivity contribution in [3.8, 4) is 0 Å². The molecule has 1 spiro atoms. The average Bonchev–Trinajstić information content (AvgIpc) is 3.44. The first kappa shape index (κ1) is 30.9. The fraction of sp³-hybridized carbons (Fsp3) is 0.429. The smallest absolute Gasteiger partial charge is 0.191 e. The predicted octanol–water partition coefficient (Wildman–Crippen LogP) is 7.40. The summed E-state index contributed by atoms with van der Waals surface area (Å²) in [6.45, 7) is 12.3. The fourth-order valence-electron chi connectivity index (χ4n) is 5.96. The van der Waals surface area contributed by atoms with E-state index in [9.17, 15) is 0 Å². The molecule has 2 aliphatic rings. The Hall–Kier alpha value is -2.55. The molecular weight excluding hydrogens is 561 g/mol. The van der Waals surface area contributed by atoms with E-state index in [0.29, 0.717) is 44.0 Å². The van der Waals surface area contributed by atoms with Gasteiger partial charge in [-0.1, -0.05) is 106 Å². The van der Waals surface area contributed by atoms with Crippen molar-refractivity contribution in [3.05, 3.63) is 114 Å². The van der Waals surface area contributed by atoms with Crippen molar-refractivity contribution >= 4 is 18.2 Å². The maximum atomic E-state index is 15.1. The molecule has 0 amide bonds. The van der Waals surface area contributed by atoms with Gasteiger partial charge in [-0.15, -0.1) is 0 Å². The average molecular weight is 605 g/mol. The molecule has 3 aromatic carbocycles. The summed E-state index contributed by atoms with van der Waals surface area (Å²) in [6, 6.07) is 29.0. The van der Waals surface area contributed by atoms with Gasteiger partial charge in [0.2, 0.25) is 0 Å². The van der Waals surface area contributed by atoms with Gasteiger partial charge in [0.1, 0.15) is 4.75 Å². The summed E-state index contributed by atoms with van der Waals surface area (Å²) in [4.78, 5) is 0.317. The molecule has 7 heteroatoms. The first-order valence-electron chi connectivity index (χ1n) is 14.9. The maximum Gasteiger partial charge on any atom is 0.191 e. The van der Waals surface area contributed by atoms with Crippen molar-refractivity contribution in [2.45, 2.75) is 73.6 Å². The minimum atomic E-state index is -3.90. The van der Waals surface area contributed by atoms with Crippen LogP contribution in [0.2, 0.25) is 18.1 Å². The molecule has 1 saturated heterocycles. The van der Waals surface area contributed by atoms with Gasteiger partial charge >= 0.3 is 0 Å². The molecular formula is C35H44O5SSi. The number of rotatable bonds is 9. The van der Waals surface area contributed by atoms with Crippen LogP contribution in [-0.2, 0) is 36.6 Å². The molecule has 0 N–H and O–H groups in total. The molecule has 224 valence electrons. The van der Waals surface area contributed by atoms with Crippen LogP contribution in [-0.4, -0.2) is 47.1 Å². The highest BCUT2D eigenvalue weighted by Crippen LogP contribution is 2.51. The second kappa shape index (κ2) is 11.9. The third-order valence-corrected chi connectivity index (χ3v) is 16.4. The molecule has 5 rings (SSSR count). The van der Waals surface area contributed by atoms with Gasteiger partial charge < -0.3 is 13.9 Å². The maximum absolute atomic E-state index is 15.1. The van der Waals surface area contributed by atoms with E-state index in [1.165, 1.54) is 0 Å². The Bertz CT molecular complexity index is 1470. The topological polar surface area (TPSA) is 61.8 Å². The van der Waals surface area contributed by atoms with Crippen LogP contribution < -0.4 is 0 Å². The Morgan fingerprint density at radius 1 is 0.833 bits per heavy atom. The third-order valence-electron chi connectivity index (χ3n) is 9.43. The first-order chi connectivity index (χ1) is 19.9. The Morgan fingerprint density at radius 3 is 1.90 bits per heavy atom. The molecule has 2 atom stereocenters. The Morgan fingerprint density at radius 2 is 1.36 bits per heavy atom. The van der Waals surface area contributed by atoms with Crippen molar-refractivity contribution in [1.29, 1.82) is 0 Å². The molecule has 3 aromatic rings. The summed E-state index contributed by atoms with van der Waals surface area (Å²) in [7, 11) is -6.11. The van der Waals surface area contributed by atoms with Crippen molar-refractivity contribution in [1.82, 2.24) is 0 Å². The summed E-state index contributed by atoms with van der Waals surface area (Å²) < 4.78 is 48.6. The van der Waals surface area contributed by atoms with Gasteiger partial charge in [0.25, 0.3) is 0 Å². The van der Waals surface area contributed by atoms with Crippen LogP contribution in [0.15, 0.2) is 108 Å². The van der Waals surface area contributed by atoms with Crippen LogP contribution in [0.1, 0.15) is 38.3 Å². The van der Waals surface area contributed by atoms with Gasteiger partial charge in [0, 0.05) is 18.9 Å². The van der Waals surface area contributed by atoms with Gasteiger partial charge in [-0.2, -0.15) is 0 Å². The van der Waals surface area contributed by atoms with E-state index in [1.54, 1.807) is 24.3 Å². The zero-order valence-corrected chi connectivity index (χ0v) is 27.3. The third kappa shape index (κ3) is 5.95. The van der Waals surface area contributed by atoms with Crippen LogP contribution in [0.5, 0.6) is 0 Å². The number of sulfone groups is 1. The zero-order chi connectivity index (χ0) is 30.1. The first-order valence-corrected chi connectivity index (χ1v) is 19.3. The molecule has 1 aliphatic heterocycles. The Kier molecular flexibility index (Phi) is 8.72. The van der Waals surface area contributed by atoms with Crippen LogP contribution in [0, 0.1) is 5.92 Å². The van der Waals surface area contributed by atoms with Gasteiger partial charge in [0.15, 0.2) is 23.9 Å². The summed E-state index contributed by atoms with van der Waals surface area (Å²) in [5.74, 6) is -1.39. The highest BCUT2D eigenvalue weighted by atomic mass is 32.2. The Balaban J connectivity index is 1.73. The monoisotopic (exact) mass is 604 g/mol. The van der Waals surface area contributed by atoms with E-state index in [1.807, 2.05) is 60.7 Å². The summed E-state index contributed by atoms with van der Waals surface area (Å²) >= 11 is 0. The molecule has 0 unspecified atom stereocenters. The lowest BCUT2D eigenvalue weighted by molar-refractivity contribution is -0.150. The van der Waals surface area contributed by atoms with Gasteiger partial charge in [-0.25, -0.2) is 8.42 Å². The van der Waals surface area contributed by atoms with Crippen molar-refractivity contribution in [3.63, 3.8) is 0 Å². The van der Waals surface area contributed by atoms with Crippen LogP contribution in [0.3, 0.4) is 0 Å². The summed E-state index contributed by atoms with van der Waals surface area (Å²) in [6.07, 6.45) is 3.27. The molecule has 1 aliphatic carbocycles. The second-order valence-corrected chi connectivity index (χ2v) is 20.2. The normalized spacial score (nSPS) is 22.7. The quantitative estimate of drug-likeness (QED) is 0.188. The van der Waals surface area contributed by atoms with Crippen LogP contribution in [0.25, 0.3) is 0 Å². The Labute approximate surface area is 253 Å². The summed E-state index contributed by atoms with van der Waals surface area (Å²) in [5.41, 5.74) is 2.92. The van der Waals surface area contributed by atoms with E-state index in [2.05, 4.69) is 46.0 Å². The molecule has 0 radical (unpaired) electrons. The van der Waals surface area contributed by atoms with Crippen molar-refractivity contribution < 1.29 is 22.3 Å². The zero-order valence-electron chi connectivity index (χ0n) is 25.5. The van der Waals surface area contributed by atoms with E-state index in [0.717, 1.165) is 16.7 Å². The number of benzene rings is 3. The predicted molar refractivity (Wildman–Crippen MR) is 171 cm³/mol. The van der Waals surface area contributed by atoms with Crippen molar-refractivity contribution in [2.24, 2.45) is 5.92 Å². The number of ether oxygens (including phenoxy) is 2. The lowest BCUT2D eigenvalue weighted by Gasteiger charge is -2.49. The second-order valence-electron chi connectivity index (χ2n) is 13.2. The van der Waals surface area contributed by atoms with Gasteiger partial charge in [0.05, 0.1) is 18.1 Å². The fourth-order valence-corrected chi connectivity index (χ4v) is 9.21. The van der Waals surface area contributed by atoms with Crippen LogP contribution in [0.4, 0.5) is 0 Å². The van der Waals surface area contributed by atoms with Crippen LogP contribution >= 0.6 is 0 Å². The molecule has 42 heavy (non-hydrogen) atoms. The van der Waals surface area contributed by atoms with E-state index >= 15 is 8.42 Å². The van der Waals surface area contributed by atoms with Gasteiger partial charge in [-0.05, 0) is 59.8 Å². The minimum absolute atomic E-state index is 0.0194. The summed E-state index contributed by atoms with van der Waals surface area (Å²) in [5, 5.41) is -0.0194. The standard InChI is InChI=1S/C35H44O5SSi/c1-33(2,3)42(4,5)40-27-31-26-35(38-21-22-39-35)30(23-28-15-9-6-10-16-28)25-34(31,24-29-17-11-7-12-18-29)41(36,37)32-19-13-8-14-20-32/h6-20,25,31H,21-24,26-27H2,1-5H3/t31-,34-/m0/s1. The molecule has 5 nitrogen and oxygen atoms in total. The van der Waals surface area contributed by atoms with E-state index in [4.69, 9.17) is 13.9 Å². The van der Waals surface area contributed by atoms with E-state index < -0.39 is 34.6 Å². The molecule has 0 saturated carbocycles. The molecule has 1 fully saturated rings. The molecule has 0 aromatic heterocycles.